The molecule has 1 saturated heterocycles. The Morgan fingerprint density at radius 1 is 1.23 bits per heavy atom. The van der Waals surface area contributed by atoms with E-state index in [1.54, 1.807) is 0 Å². The van der Waals surface area contributed by atoms with Gasteiger partial charge in [0, 0.05) is 20.0 Å². The third-order valence-corrected chi connectivity index (χ3v) is 3.96. The first-order valence-electron chi connectivity index (χ1n) is 7.87. The third-order valence-electron chi connectivity index (χ3n) is 3.96. The smallest absolute Gasteiger partial charge is 0.252 e. The van der Waals surface area contributed by atoms with Crippen molar-refractivity contribution in [2.24, 2.45) is 0 Å². The van der Waals surface area contributed by atoms with Crippen LogP contribution in [0.4, 0.5) is 5.82 Å². The highest BCUT2D eigenvalue weighted by Crippen LogP contribution is 2.31. The molecule has 140 valence electrons. The van der Waals surface area contributed by atoms with Gasteiger partial charge < -0.3 is 31.3 Å². The summed E-state index contributed by atoms with van der Waals surface area (Å²) in [5, 5.41) is 25.5. The van der Waals surface area contributed by atoms with E-state index in [0.29, 0.717) is 11.2 Å². The Morgan fingerprint density at radius 3 is 2.69 bits per heavy atom. The van der Waals surface area contributed by atoms with E-state index < -0.39 is 30.4 Å². The molecule has 0 aliphatic carbocycles. The van der Waals surface area contributed by atoms with Gasteiger partial charge >= 0.3 is 0 Å². The standard InChI is InChI=1S/C14H19N7O5/c1-6(22)16-2-3-17-13(25)10-8(23)9(24)14(26-10)21-5-20-7-11(15)18-4-19-12(7)21/h4-5,8-10,14,23-24H,2-3H2,1H3,(H,16,22)(H,17,25)(H2,15,18,19)/t8-,9+,10-,14+/m0/s1. The molecule has 1 aliphatic heterocycles. The molecule has 0 aromatic carbocycles. The molecule has 26 heavy (non-hydrogen) atoms. The molecule has 1 aliphatic rings. The molecule has 12 heteroatoms. The lowest BCUT2D eigenvalue weighted by molar-refractivity contribution is -0.137. The van der Waals surface area contributed by atoms with Gasteiger partial charge in [-0.2, -0.15) is 0 Å². The minimum atomic E-state index is -1.45. The topological polar surface area (TPSA) is 178 Å². The lowest BCUT2D eigenvalue weighted by Gasteiger charge is -2.16. The number of rotatable bonds is 5. The summed E-state index contributed by atoms with van der Waals surface area (Å²) in [6.45, 7) is 1.75. The molecule has 6 N–H and O–H groups in total. The van der Waals surface area contributed by atoms with Crippen molar-refractivity contribution < 1.29 is 24.5 Å². The van der Waals surface area contributed by atoms with Crippen LogP contribution in [0.2, 0.25) is 0 Å². The van der Waals surface area contributed by atoms with Gasteiger partial charge in [0.05, 0.1) is 6.33 Å². The number of anilines is 1. The van der Waals surface area contributed by atoms with Crippen molar-refractivity contribution in [2.45, 2.75) is 31.5 Å². The first kappa shape index (κ1) is 18.0. The summed E-state index contributed by atoms with van der Waals surface area (Å²) < 4.78 is 6.92. The van der Waals surface area contributed by atoms with Crippen LogP contribution in [0, 0.1) is 0 Å². The van der Waals surface area contributed by atoms with E-state index >= 15 is 0 Å². The fourth-order valence-corrected chi connectivity index (χ4v) is 2.69. The number of ether oxygens (including phenoxy) is 1. The average Bonchev–Trinajstić information content (AvgIpc) is 3.15. The normalized spacial score (nSPS) is 25.3. The lowest BCUT2D eigenvalue weighted by Crippen LogP contribution is -2.44. The van der Waals surface area contributed by atoms with Gasteiger partial charge in [0.1, 0.15) is 24.1 Å². The highest BCUT2D eigenvalue weighted by atomic mass is 16.6. The summed E-state index contributed by atoms with van der Waals surface area (Å²) in [6, 6.07) is 0. The molecule has 1 fully saturated rings. The largest absolute Gasteiger partial charge is 0.387 e. The van der Waals surface area contributed by atoms with E-state index in [2.05, 4.69) is 25.6 Å². The quantitative estimate of drug-likeness (QED) is 0.352. The second-order valence-corrected chi connectivity index (χ2v) is 5.79. The number of fused-ring (bicyclic) bond motifs is 1. The van der Waals surface area contributed by atoms with E-state index in [9.17, 15) is 19.8 Å². The fourth-order valence-electron chi connectivity index (χ4n) is 2.69. The zero-order valence-corrected chi connectivity index (χ0v) is 13.9. The number of hydrogen-bond donors (Lipinski definition) is 5. The van der Waals surface area contributed by atoms with Crippen molar-refractivity contribution in [3.63, 3.8) is 0 Å². The van der Waals surface area contributed by atoms with Gasteiger partial charge in [-0.1, -0.05) is 0 Å². The number of imidazole rings is 1. The number of carbonyl (C=O) groups is 2. The Morgan fingerprint density at radius 2 is 1.96 bits per heavy atom. The number of carbonyl (C=O) groups excluding carboxylic acids is 2. The van der Waals surface area contributed by atoms with Crippen molar-refractivity contribution in [3.8, 4) is 0 Å². The second-order valence-electron chi connectivity index (χ2n) is 5.79. The summed E-state index contributed by atoms with van der Waals surface area (Å²) >= 11 is 0. The molecule has 3 rings (SSSR count). The summed E-state index contributed by atoms with van der Waals surface area (Å²) in [7, 11) is 0. The van der Waals surface area contributed by atoms with Crippen molar-refractivity contribution in [1.29, 1.82) is 0 Å². The van der Waals surface area contributed by atoms with Gasteiger partial charge in [0.25, 0.3) is 5.91 Å². The highest BCUT2D eigenvalue weighted by molar-refractivity contribution is 5.83. The van der Waals surface area contributed by atoms with E-state index in [4.69, 9.17) is 10.5 Å². The van der Waals surface area contributed by atoms with Crippen LogP contribution in [0.15, 0.2) is 12.7 Å². The zero-order chi connectivity index (χ0) is 18.8. The molecular weight excluding hydrogens is 346 g/mol. The first-order valence-corrected chi connectivity index (χ1v) is 7.87. The molecule has 0 spiro atoms. The Hall–Kier alpha value is -2.83. The van der Waals surface area contributed by atoms with Gasteiger partial charge in [-0.25, -0.2) is 15.0 Å². The van der Waals surface area contributed by atoms with Crippen LogP contribution < -0.4 is 16.4 Å². The average molecular weight is 365 g/mol. The molecule has 2 aromatic rings. The third kappa shape index (κ3) is 3.29. The number of aromatic nitrogens is 4. The monoisotopic (exact) mass is 365 g/mol. The SMILES string of the molecule is CC(=O)NCCNC(=O)[C@H]1O[C@@H](n2cnc3c(N)ncnc32)[C@H](O)[C@@H]1O. The van der Waals surface area contributed by atoms with Crippen LogP contribution >= 0.6 is 0 Å². The van der Waals surface area contributed by atoms with E-state index in [-0.39, 0.29) is 24.8 Å². The van der Waals surface area contributed by atoms with Crippen molar-refractivity contribution in [2.75, 3.05) is 18.8 Å². The second kappa shape index (κ2) is 7.19. The minimum Gasteiger partial charge on any atom is -0.387 e. The predicted molar refractivity (Wildman–Crippen MR) is 87.4 cm³/mol. The maximum Gasteiger partial charge on any atom is 0.252 e. The van der Waals surface area contributed by atoms with Gasteiger partial charge in [0.2, 0.25) is 5.91 Å². The lowest BCUT2D eigenvalue weighted by atomic mass is 10.1. The molecule has 0 bridgehead atoms. The van der Waals surface area contributed by atoms with E-state index in [1.807, 2.05) is 0 Å². The summed E-state index contributed by atoms with van der Waals surface area (Å²) in [5.41, 5.74) is 6.35. The van der Waals surface area contributed by atoms with Gasteiger partial charge in [-0.05, 0) is 0 Å². The number of nitrogen functional groups attached to an aromatic ring is 1. The molecule has 3 heterocycles. The maximum atomic E-state index is 12.2. The molecule has 0 radical (unpaired) electrons. The fraction of sp³-hybridized carbons (Fsp3) is 0.500. The van der Waals surface area contributed by atoms with Crippen molar-refractivity contribution in [1.82, 2.24) is 30.2 Å². The van der Waals surface area contributed by atoms with Crippen LogP contribution in [0.5, 0.6) is 0 Å². The highest BCUT2D eigenvalue weighted by Gasteiger charge is 2.47. The number of aliphatic hydroxyl groups excluding tert-OH is 2. The predicted octanol–water partition coefficient (Wildman–Crippen LogP) is -2.72. The molecule has 12 nitrogen and oxygen atoms in total. The molecule has 4 atom stereocenters. The number of hydrogen-bond acceptors (Lipinski definition) is 9. The van der Waals surface area contributed by atoms with Crippen LogP contribution in [0.25, 0.3) is 11.2 Å². The summed E-state index contributed by atoms with van der Waals surface area (Å²) in [4.78, 5) is 34.9. The van der Waals surface area contributed by atoms with Gasteiger partial charge in [-0.3, -0.25) is 14.2 Å². The molecule has 2 aromatic heterocycles. The van der Waals surface area contributed by atoms with Crippen molar-refractivity contribution >= 4 is 28.8 Å². The number of nitrogens with two attached hydrogens (primary N) is 1. The molecule has 0 unspecified atom stereocenters. The van der Waals surface area contributed by atoms with Gasteiger partial charge in [0.15, 0.2) is 23.8 Å². The van der Waals surface area contributed by atoms with Crippen molar-refractivity contribution in [3.05, 3.63) is 12.7 Å². The van der Waals surface area contributed by atoms with Crippen LogP contribution in [0.1, 0.15) is 13.2 Å². The number of amides is 2. The number of aliphatic hydroxyl groups is 2. The van der Waals surface area contributed by atoms with E-state index in [0.717, 1.165) is 0 Å². The summed E-state index contributed by atoms with van der Waals surface area (Å²) in [6.07, 6.45) is -2.61. The molecular formula is C14H19N7O5. The van der Waals surface area contributed by atoms with Crippen LogP contribution in [-0.2, 0) is 14.3 Å². The summed E-state index contributed by atoms with van der Waals surface area (Å²) in [5.74, 6) is -0.669. The Labute approximate surface area is 147 Å². The van der Waals surface area contributed by atoms with E-state index in [1.165, 1.54) is 24.1 Å². The maximum absolute atomic E-state index is 12.2. The molecule has 0 saturated carbocycles. The number of nitrogens with one attached hydrogen (secondary N) is 2. The van der Waals surface area contributed by atoms with Gasteiger partial charge in [-0.15, -0.1) is 0 Å². The number of nitrogens with zero attached hydrogens (tertiary/aromatic N) is 4. The Bertz CT molecular complexity index is 825. The Balaban J connectivity index is 1.72. The minimum absolute atomic E-state index is 0.156. The van der Waals surface area contributed by atoms with Crippen LogP contribution in [0.3, 0.4) is 0 Å². The molecule has 2 amide bonds. The zero-order valence-electron chi connectivity index (χ0n) is 13.9. The van der Waals surface area contributed by atoms with Crippen LogP contribution in [-0.4, -0.2) is 72.9 Å². The first-order chi connectivity index (χ1) is 12.4. The Kier molecular flexibility index (Phi) is 4.97.